The highest BCUT2D eigenvalue weighted by atomic mass is 16.1. The molecule has 1 atom stereocenters. The molecule has 98 valence electrons. The Morgan fingerprint density at radius 2 is 2.32 bits per heavy atom. The maximum absolute atomic E-state index is 12.0. The molecule has 0 spiro atoms. The molecule has 0 saturated carbocycles. The number of hydrogen-bond acceptors (Lipinski definition) is 3. The summed E-state index contributed by atoms with van der Waals surface area (Å²) in [6.07, 6.45) is 4.20. The van der Waals surface area contributed by atoms with E-state index in [0.29, 0.717) is 18.8 Å². The van der Waals surface area contributed by atoms with Crippen molar-refractivity contribution in [2.75, 3.05) is 12.3 Å². The zero-order valence-electron chi connectivity index (χ0n) is 10.5. The van der Waals surface area contributed by atoms with Gasteiger partial charge in [0.25, 0.3) is 0 Å². The summed E-state index contributed by atoms with van der Waals surface area (Å²) in [4.78, 5) is 12.0. The van der Waals surface area contributed by atoms with Gasteiger partial charge in [-0.15, -0.1) is 0 Å². The number of hydrogen-bond donors (Lipinski definition) is 2. The number of nitrogen functional groups attached to an aromatic ring is 1. The summed E-state index contributed by atoms with van der Waals surface area (Å²) in [6, 6.07) is 8.09. The molecular formula is C14H16N4O. The first-order valence-corrected chi connectivity index (χ1v) is 6.37. The van der Waals surface area contributed by atoms with Crippen LogP contribution in [0.2, 0.25) is 0 Å². The predicted molar refractivity (Wildman–Crippen MR) is 72.5 cm³/mol. The van der Waals surface area contributed by atoms with Crippen LogP contribution in [0.1, 0.15) is 17.0 Å². The number of fused-ring (bicyclic) bond motifs is 1. The minimum absolute atomic E-state index is 0.0129. The van der Waals surface area contributed by atoms with E-state index < -0.39 is 0 Å². The largest absolute Gasteiger partial charge is 0.396 e. The van der Waals surface area contributed by atoms with E-state index in [9.17, 15) is 4.79 Å². The summed E-state index contributed by atoms with van der Waals surface area (Å²) in [5, 5.41) is 7.01. The van der Waals surface area contributed by atoms with Crippen LogP contribution in [0.4, 0.5) is 5.69 Å². The van der Waals surface area contributed by atoms with Crippen LogP contribution < -0.4 is 11.1 Å². The zero-order valence-corrected chi connectivity index (χ0v) is 10.5. The monoisotopic (exact) mass is 256 g/mol. The molecule has 1 amide bonds. The van der Waals surface area contributed by atoms with Gasteiger partial charge in [0.15, 0.2) is 0 Å². The Kier molecular flexibility index (Phi) is 2.95. The number of rotatable bonds is 4. The molecule has 0 aliphatic heterocycles. The molecule has 2 aromatic rings. The molecule has 5 nitrogen and oxygen atoms in total. The number of aromatic nitrogens is 2. The van der Waals surface area contributed by atoms with Gasteiger partial charge in [-0.2, -0.15) is 5.10 Å². The number of nitrogens with one attached hydrogen (secondary N) is 1. The highest BCUT2D eigenvalue weighted by Crippen LogP contribution is 2.34. The first kappa shape index (κ1) is 11.8. The van der Waals surface area contributed by atoms with E-state index >= 15 is 0 Å². The molecule has 19 heavy (non-hydrogen) atoms. The summed E-state index contributed by atoms with van der Waals surface area (Å²) in [7, 11) is 0. The SMILES string of the molecule is Nc1cnn(CCNC(=O)C2Cc3ccccc32)c1. The average Bonchev–Trinajstić information content (AvgIpc) is 2.77. The van der Waals surface area contributed by atoms with Crippen molar-refractivity contribution in [3.05, 3.63) is 47.8 Å². The number of anilines is 1. The molecule has 5 heteroatoms. The van der Waals surface area contributed by atoms with Crippen molar-refractivity contribution in [1.29, 1.82) is 0 Å². The minimum atomic E-state index is 0.0129. The van der Waals surface area contributed by atoms with E-state index in [1.165, 1.54) is 5.56 Å². The van der Waals surface area contributed by atoms with Crippen molar-refractivity contribution >= 4 is 11.6 Å². The third-order valence-electron chi connectivity index (χ3n) is 3.46. The van der Waals surface area contributed by atoms with Gasteiger partial charge in [0.05, 0.1) is 24.3 Å². The summed E-state index contributed by atoms with van der Waals surface area (Å²) in [5.74, 6) is 0.109. The zero-order chi connectivity index (χ0) is 13.2. The van der Waals surface area contributed by atoms with Crippen LogP contribution in [-0.2, 0) is 17.8 Å². The second-order valence-electron chi connectivity index (χ2n) is 4.78. The van der Waals surface area contributed by atoms with Gasteiger partial charge in [-0.05, 0) is 17.5 Å². The van der Waals surface area contributed by atoms with E-state index in [1.807, 2.05) is 18.2 Å². The van der Waals surface area contributed by atoms with Crippen LogP contribution in [0.15, 0.2) is 36.7 Å². The van der Waals surface area contributed by atoms with E-state index in [-0.39, 0.29) is 11.8 Å². The van der Waals surface area contributed by atoms with Crippen molar-refractivity contribution in [2.45, 2.75) is 18.9 Å². The van der Waals surface area contributed by atoms with E-state index in [1.54, 1.807) is 17.1 Å². The summed E-state index contributed by atoms with van der Waals surface area (Å²) < 4.78 is 1.73. The number of nitrogens with zero attached hydrogens (tertiary/aromatic N) is 2. The van der Waals surface area contributed by atoms with Gasteiger partial charge >= 0.3 is 0 Å². The summed E-state index contributed by atoms with van der Waals surface area (Å²) in [6.45, 7) is 1.20. The van der Waals surface area contributed by atoms with Gasteiger partial charge in [-0.1, -0.05) is 24.3 Å². The van der Waals surface area contributed by atoms with Crippen molar-refractivity contribution in [2.24, 2.45) is 0 Å². The molecule has 1 unspecified atom stereocenters. The lowest BCUT2D eigenvalue weighted by Gasteiger charge is -2.28. The molecule has 1 heterocycles. The second-order valence-corrected chi connectivity index (χ2v) is 4.78. The number of benzene rings is 1. The normalized spacial score (nSPS) is 16.5. The topological polar surface area (TPSA) is 72.9 Å². The highest BCUT2D eigenvalue weighted by Gasteiger charge is 2.31. The van der Waals surface area contributed by atoms with E-state index in [2.05, 4.69) is 16.5 Å². The second kappa shape index (κ2) is 4.76. The third kappa shape index (κ3) is 2.31. The van der Waals surface area contributed by atoms with Gasteiger partial charge in [-0.3, -0.25) is 9.48 Å². The van der Waals surface area contributed by atoms with Crippen molar-refractivity contribution in [3.63, 3.8) is 0 Å². The fourth-order valence-electron chi connectivity index (χ4n) is 2.41. The Balaban J connectivity index is 1.51. The van der Waals surface area contributed by atoms with Crippen LogP contribution >= 0.6 is 0 Å². The summed E-state index contributed by atoms with van der Waals surface area (Å²) >= 11 is 0. The molecule has 1 aromatic heterocycles. The number of carbonyl (C=O) groups is 1. The number of amides is 1. The Bertz CT molecular complexity index is 605. The lowest BCUT2D eigenvalue weighted by atomic mass is 9.77. The Hall–Kier alpha value is -2.30. The fraction of sp³-hybridized carbons (Fsp3) is 0.286. The molecule has 0 saturated heterocycles. The van der Waals surface area contributed by atoms with Gasteiger partial charge in [0, 0.05) is 12.7 Å². The van der Waals surface area contributed by atoms with Crippen molar-refractivity contribution in [1.82, 2.24) is 15.1 Å². The van der Waals surface area contributed by atoms with Crippen molar-refractivity contribution < 1.29 is 4.79 Å². The maximum Gasteiger partial charge on any atom is 0.227 e. The lowest BCUT2D eigenvalue weighted by molar-refractivity contribution is -0.123. The van der Waals surface area contributed by atoms with Gasteiger partial charge in [0.2, 0.25) is 5.91 Å². The smallest absolute Gasteiger partial charge is 0.227 e. The Morgan fingerprint density at radius 1 is 1.47 bits per heavy atom. The molecule has 0 radical (unpaired) electrons. The Morgan fingerprint density at radius 3 is 3.05 bits per heavy atom. The number of nitrogens with two attached hydrogens (primary N) is 1. The van der Waals surface area contributed by atoms with Crippen molar-refractivity contribution in [3.8, 4) is 0 Å². The highest BCUT2D eigenvalue weighted by molar-refractivity contribution is 5.86. The van der Waals surface area contributed by atoms with Gasteiger partial charge in [0.1, 0.15) is 0 Å². The first-order chi connectivity index (χ1) is 9.24. The fourth-order valence-corrected chi connectivity index (χ4v) is 2.41. The van der Waals surface area contributed by atoms with Gasteiger partial charge in [-0.25, -0.2) is 0 Å². The van der Waals surface area contributed by atoms with E-state index in [4.69, 9.17) is 5.73 Å². The maximum atomic E-state index is 12.0. The number of carbonyl (C=O) groups excluding carboxylic acids is 1. The molecule has 3 rings (SSSR count). The molecule has 0 bridgehead atoms. The molecule has 1 aliphatic carbocycles. The van der Waals surface area contributed by atoms with Gasteiger partial charge < -0.3 is 11.1 Å². The minimum Gasteiger partial charge on any atom is -0.396 e. The van der Waals surface area contributed by atoms with Crippen LogP contribution in [-0.4, -0.2) is 22.2 Å². The Labute approximate surface area is 111 Å². The molecule has 1 aromatic carbocycles. The van der Waals surface area contributed by atoms with Crippen LogP contribution in [0.3, 0.4) is 0 Å². The standard InChI is InChI=1S/C14H16N4O/c15-11-8-17-18(9-11)6-5-16-14(19)13-7-10-3-1-2-4-12(10)13/h1-4,8-9,13H,5-7,15H2,(H,16,19). The molecular weight excluding hydrogens is 240 g/mol. The van der Waals surface area contributed by atoms with Crippen LogP contribution in [0.25, 0.3) is 0 Å². The molecule has 1 aliphatic rings. The lowest BCUT2D eigenvalue weighted by Crippen LogP contribution is -2.37. The predicted octanol–water partition coefficient (Wildman–Crippen LogP) is 0.921. The quantitative estimate of drug-likeness (QED) is 0.854. The average molecular weight is 256 g/mol. The molecule has 3 N–H and O–H groups in total. The third-order valence-corrected chi connectivity index (χ3v) is 3.46. The first-order valence-electron chi connectivity index (χ1n) is 6.37. The molecule has 0 fully saturated rings. The van der Waals surface area contributed by atoms with Crippen LogP contribution in [0, 0.1) is 0 Å². The van der Waals surface area contributed by atoms with E-state index in [0.717, 1.165) is 12.0 Å². The summed E-state index contributed by atoms with van der Waals surface area (Å²) in [5.41, 5.74) is 8.65. The van der Waals surface area contributed by atoms with Crippen LogP contribution in [0.5, 0.6) is 0 Å².